The van der Waals surface area contributed by atoms with Crippen molar-refractivity contribution in [2.45, 2.75) is 52.2 Å². The Morgan fingerprint density at radius 3 is 2.48 bits per heavy atom. The molecule has 0 radical (unpaired) electrons. The van der Waals surface area contributed by atoms with Gasteiger partial charge in [0.05, 0.1) is 6.54 Å². The van der Waals surface area contributed by atoms with Crippen LogP contribution in [0.15, 0.2) is 29.3 Å². The van der Waals surface area contributed by atoms with Crippen LogP contribution >= 0.6 is 24.0 Å². The molecule has 0 saturated heterocycles. The number of hydrogen-bond donors (Lipinski definition) is 3. The van der Waals surface area contributed by atoms with Crippen LogP contribution in [-0.2, 0) is 0 Å². The highest BCUT2D eigenvalue weighted by molar-refractivity contribution is 14.0. The molecule has 0 amide bonds. The van der Waals surface area contributed by atoms with Crippen molar-refractivity contribution in [3.05, 3.63) is 30.1 Å². The first-order valence-corrected chi connectivity index (χ1v) is 8.49. The summed E-state index contributed by atoms with van der Waals surface area (Å²) in [5, 5.41) is 13.0. The number of aliphatic imine (C=N–C) groups is 1. The van der Waals surface area contributed by atoms with E-state index >= 15 is 0 Å². The van der Waals surface area contributed by atoms with Crippen molar-refractivity contribution < 1.29 is 14.2 Å². The molecule has 144 valence electrons. The molecule has 1 aromatic rings. The second kappa shape index (κ2) is 13.2. The predicted molar refractivity (Wildman–Crippen MR) is 111 cm³/mol. The Hall–Kier alpha value is -1.09. The number of halogens is 2. The van der Waals surface area contributed by atoms with Crippen molar-refractivity contribution in [2.75, 3.05) is 13.2 Å². The lowest BCUT2D eigenvalue weighted by Gasteiger charge is -2.16. The molecule has 25 heavy (non-hydrogen) atoms. The molecule has 0 aliphatic rings. The van der Waals surface area contributed by atoms with Gasteiger partial charge in [0.1, 0.15) is 24.3 Å². The molecule has 5 nitrogen and oxygen atoms in total. The number of aliphatic hydroxyl groups excluding tert-OH is 1. The van der Waals surface area contributed by atoms with Gasteiger partial charge in [-0.25, -0.2) is 4.39 Å². The van der Waals surface area contributed by atoms with Crippen molar-refractivity contribution >= 4 is 29.9 Å². The van der Waals surface area contributed by atoms with Gasteiger partial charge in [-0.3, -0.25) is 4.99 Å². The molecular weight excluding hydrogens is 436 g/mol. The van der Waals surface area contributed by atoms with E-state index in [4.69, 9.17) is 10.5 Å². The maximum absolute atomic E-state index is 12.8. The van der Waals surface area contributed by atoms with Gasteiger partial charge in [0.2, 0.25) is 0 Å². The molecule has 1 aromatic carbocycles. The molecule has 0 bridgehead atoms. The van der Waals surface area contributed by atoms with E-state index in [-0.39, 0.29) is 49.0 Å². The summed E-state index contributed by atoms with van der Waals surface area (Å²) in [6, 6.07) is 5.89. The molecule has 2 unspecified atom stereocenters. The highest BCUT2D eigenvalue weighted by Crippen LogP contribution is 2.11. The second-order valence-corrected chi connectivity index (χ2v) is 6.51. The first-order chi connectivity index (χ1) is 11.4. The lowest BCUT2D eigenvalue weighted by molar-refractivity contribution is 0.114. The second-order valence-electron chi connectivity index (χ2n) is 6.51. The number of benzene rings is 1. The zero-order valence-corrected chi connectivity index (χ0v) is 17.6. The van der Waals surface area contributed by atoms with Gasteiger partial charge in [0.15, 0.2) is 5.96 Å². The van der Waals surface area contributed by atoms with Crippen LogP contribution in [0.1, 0.15) is 40.0 Å². The van der Waals surface area contributed by atoms with Crippen molar-refractivity contribution in [3.63, 3.8) is 0 Å². The van der Waals surface area contributed by atoms with Gasteiger partial charge in [-0.15, -0.1) is 24.0 Å². The number of ether oxygens (including phenoxy) is 1. The third-order valence-corrected chi connectivity index (χ3v) is 3.54. The number of guanidine groups is 1. The lowest BCUT2D eigenvalue weighted by Crippen LogP contribution is -2.39. The van der Waals surface area contributed by atoms with Gasteiger partial charge < -0.3 is 20.9 Å². The summed E-state index contributed by atoms with van der Waals surface area (Å²) in [6.07, 6.45) is 2.60. The molecule has 7 heteroatoms. The highest BCUT2D eigenvalue weighted by Gasteiger charge is 2.07. The quantitative estimate of drug-likeness (QED) is 0.280. The van der Waals surface area contributed by atoms with E-state index in [0.29, 0.717) is 17.6 Å². The molecule has 4 N–H and O–H groups in total. The molecule has 0 heterocycles. The minimum atomic E-state index is -0.772. The Labute approximate surface area is 167 Å². The molecular formula is C18H31FIN3O2. The number of aliphatic hydroxyl groups is 1. The monoisotopic (exact) mass is 467 g/mol. The number of rotatable bonds is 10. The fourth-order valence-corrected chi connectivity index (χ4v) is 2.18. The zero-order valence-electron chi connectivity index (χ0n) is 15.2. The maximum Gasteiger partial charge on any atom is 0.188 e. The fraction of sp³-hybridized carbons (Fsp3) is 0.611. The minimum absolute atomic E-state index is 0. The van der Waals surface area contributed by atoms with Crippen LogP contribution in [0.25, 0.3) is 0 Å². The summed E-state index contributed by atoms with van der Waals surface area (Å²) < 4.78 is 18.1. The van der Waals surface area contributed by atoms with Crippen molar-refractivity contribution in [1.29, 1.82) is 0 Å². The Morgan fingerprint density at radius 2 is 1.88 bits per heavy atom. The topological polar surface area (TPSA) is 79.9 Å². The maximum atomic E-state index is 12.8. The van der Waals surface area contributed by atoms with E-state index < -0.39 is 6.10 Å². The van der Waals surface area contributed by atoms with Crippen molar-refractivity contribution in [1.82, 2.24) is 5.32 Å². The third kappa shape index (κ3) is 12.0. The Bertz CT molecular complexity index is 498. The van der Waals surface area contributed by atoms with Crippen molar-refractivity contribution in [2.24, 2.45) is 16.6 Å². The predicted octanol–water partition coefficient (Wildman–Crippen LogP) is 3.30. The Balaban J connectivity index is 0.00000576. The lowest BCUT2D eigenvalue weighted by atomic mass is 10.0. The van der Waals surface area contributed by atoms with E-state index in [0.717, 1.165) is 12.8 Å². The van der Waals surface area contributed by atoms with E-state index in [1.165, 1.54) is 30.7 Å². The van der Waals surface area contributed by atoms with Crippen LogP contribution < -0.4 is 15.8 Å². The first kappa shape index (κ1) is 23.9. The van der Waals surface area contributed by atoms with Crippen LogP contribution in [-0.4, -0.2) is 36.4 Å². The summed E-state index contributed by atoms with van der Waals surface area (Å²) in [4.78, 5) is 4.13. The fourth-order valence-electron chi connectivity index (χ4n) is 2.18. The van der Waals surface area contributed by atoms with Crippen LogP contribution in [0, 0.1) is 11.7 Å². The van der Waals surface area contributed by atoms with E-state index in [1.807, 2.05) is 0 Å². The van der Waals surface area contributed by atoms with Crippen LogP contribution in [0.5, 0.6) is 5.75 Å². The standard InChI is InChI=1S/C18H30FN3O2.HI/c1-13(2)5-4-6-14(3)22-18(20)21-11-16(23)12-24-17-9-7-15(19)8-10-17;/h7-10,13-14,16,23H,4-6,11-12H2,1-3H3,(H3,20,21,22);1H. The summed E-state index contributed by atoms with van der Waals surface area (Å²) >= 11 is 0. The number of nitrogens with zero attached hydrogens (tertiary/aromatic N) is 1. The molecule has 1 rings (SSSR count). The molecule has 0 fully saturated rings. The van der Waals surface area contributed by atoms with Gasteiger partial charge in [0, 0.05) is 6.04 Å². The van der Waals surface area contributed by atoms with E-state index in [1.54, 1.807) is 0 Å². The SMILES string of the molecule is CC(C)CCCC(C)NC(N)=NCC(O)COc1ccc(F)cc1.I. The highest BCUT2D eigenvalue weighted by atomic mass is 127. The molecule has 2 atom stereocenters. The summed E-state index contributed by atoms with van der Waals surface area (Å²) in [5.41, 5.74) is 5.82. The number of hydrogen-bond acceptors (Lipinski definition) is 3. The summed E-state index contributed by atoms with van der Waals surface area (Å²) in [5.74, 6) is 1.21. The molecule has 0 aliphatic heterocycles. The average Bonchev–Trinajstić information content (AvgIpc) is 2.52. The zero-order chi connectivity index (χ0) is 17.9. The molecule has 0 aromatic heterocycles. The normalized spacial score (nSPS) is 13.9. The van der Waals surface area contributed by atoms with E-state index in [2.05, 4.69) is 31.1 Å². The van der Waals surface area contributed by atoms with Crippen LogP contribution in [0.2, 0.25) is 0 Å². The third-order valence-electron chi connectivity index (χ3n) is 3.54. The molecule has 0 spiro atoms. The van der Waals surface area contributed by atoms with Gasteiger partial charge >= 0.3 is 0 Å². The van der Waals surface area contributed by atoms with Crippen LogP contribution in [0.3, 0.4) is 0 Å². The summed E-state index contributed by atoms with van der Waals surface area (Å²) in [7, 11) is 0. The largest absolute Gasteiger partial charge is 0.491 e. The van der Waals surface area contributed by atoms with Crippen molar-refractivity contribution in [3.8, 4) is 5.75 Å². The van der Waals surface area contributed by atoms with Gasteiger partial charge in [-0.2, -0.15) is 0 Å². The van der Waals surface area contributed by atoms with Gasteiger partial charge in [-0.05, 0) is 43.5 Å². The van der Waals surface area contributed by atoms with Crippen LogP contribution in [0.4, 0.5) is 4.39 Å². The minimum Gasteiger partial charge on any atom is -0.491 e. The Kier molecular flexibility index (Phi) is 12.6. The van der Waals surface area contributed by atoms with Gasteiger partial charge in [0.25, 0.3) is 0 Å². The average molecular weight is 467 g/mol. The number of nitrogens with one attached hydrogen (secondary N) is 1. The Morgan fingerprint density at radius 1 is 1.24 bits per heavy atom. The molecule has 0 aliphatic carbocycles. The number of nitrogens with two attached hydrogens (primary N) is 1. The first-order valence-electron chi connectivity index (χ1n) is 8.49. The smallest absolute Gasteiger partial charge is 0.188 e. The summed E-state index contributed by atoms with van der Waals surface area (Å²) in [6.45, 7) is 6.72. The van der Waals surface area contributed by atoms with Gasteiger partial charge in [-0.1, -0.05) is 26.7 Å². The molecule has 0 saturated carbocycles. The van der Waals surface area contributed by atoms with E-state index in [9.17, 15) is 9.50 Å².